The minimum atomic E-state index is -0.388. The molecule has 2 aliphatic heterocycles. The van der Waals surface area contributed by atoms with Crippen LogP contribution in [0, 0.1) is 0 Å². The van der Waals surface area contributed by atoms with Gasteiger partial charge in [0.25, 0.3) is 0 Å². The van der Waals surface area contributed by atoms with Crippen molar-refractivity contribution in [3.05, 3.63) is 34.3 Å². The molecule has 1 aromatic rings. The maximum absolute atomic E-state index is 13.6. The Morgan fingerprint density at radius 3 is 2.10 bits per heavy atom. The number of benzene rings is 1. The molecule has 2 heterocycles. The zero-order valence-corrected chi connectivity index (χ0v) is 18.5. The van der Waals surface area contributed by atoms with Gasteiger partial charge in [0.15, 0.2) is 0 Å². The molecule has 0 radical (unpaired) electrons. The second-order valence-electron chi connectivity index (χ2n) is 8.36. The Labute approximate surface area is 181 Å². The van der Waals surface area contributed by atoms with Gasteiger partial charge in [-0.05, 0) is 30.5 Å². The predicted molar refractivity (Wildman–Crippen MR) is 115 cm³/mol. The van der Waals surface area contributed by atoms with Gasteiger partial charge in [-0.15, -0.1) is 0 Å². The number of hydrogen-bond acceptors (Lipinski definition) is 4. The second kappa shape index (κ2) is 9.14. The first-order valence-corrected chi connectivity index (χ1v) is 11.5. The van der Waals surface area contributed by atoms with E-state index >= 15 is 0 Å². The molecule has 0 bridgehead atoms. The van der Waals surface area contributed by atoms with Crippen molar-refractivity contribution in [3.8, 4) is 0 Å². The number of nitrogens with zero attached hydrogens (tertiary/aromatic N) is 3. The minimum Gasteiger partial charge on any atom is -0.379 e. The molecule has 6 nitrogen and oxygen atoms in total. The molecule has 4 rings (SSSR count). The zero-order chi connectivity index (χ0) is 20.3. The lowest BCUT2D eigenvalue weighted by Gasteiger charge is -2.40. The Balaban J connectivity index is 1.37. The van der Waals surface area contributed by atoms with Gasteiger partial charge in [0.1, 0.15) is 0 Å². The van der Waals surface area contributed by atoms with Crippen LogP contribution >= 0.6 is 15.9 Å². The largest absolute Gasteiger partial charge is 0.379 e. The van der Waals surface area contributed by atoms with E-state index in [1.54, 1.807) is 0 Å². The topological polar surface area (TPSA) is 53.1 Å². The van der Waals surface area contributed by atoms with Gasteiger partial charge in [0.05, 0.1) is 25.2 Å². The third kappa shape index (κ3) is 4.52. The second-order valence-corrected chi connectivity index (χ2v) is 9.27. The van der Waals surface area contributed by atoms with Crippen molar-refractivity contribution in [1.82, 2.24) is 14.7 Å². The zero-order valence-electron chi connectivity index (χ0n) is 16.9. The lowest BCUT2D eigenvalue weighted by Crippen LogP contribution is -2.56. The summed E-state index contributed by atoms with van der Waals surface area (Å²) in [6.45, 7) is 6.02. The molecule has 0 atom stereocenters. The van der Waals surface area contributed by atoms with Crippen LogP contribution in [0.5, 0.6) is 0 Å². The van der Waals surface area contributed by atoms with Crippen molar-refractivity contribution in [2.75, 3.05) is 59.0 Å². The molecule has 1 aliphatic carbocycles. The summed E-state index contributed by atoms with van der Waals surface area (Å²) in [5.74, 6) is 0.417. The molecule has 3 fully saturated rings. The Hall–Kier alpha value is -1.44. The van der Waals surface area contributed by atoms with Crippen LogP contribution in [0.1, 0.15) is 31.2 Å². The van der Waals surface area contributed by atoms with Crippen LogP contribution in [0.25, 0.3) is 0 Å². The molecule has 3 aliphatic rings. The number of ether oxygens (including phenoxy) is 1. The van der Waals surface area contributed by atoms with Gasteiger partial charge in [-0.2, -0.15) is 0 Å². The van der Waals surface area contributed by atoms with Crippen LogP contribution in [0.3, 0.4) is 0 Å². The third-order valence-electron chi connectivity index (χ3n) is 6.65. The van der Waals surface area contributed by atoms with Crippen molar-refractivity contribution in [1.29, 1.82) is 0 Å². The number of amides is 2. The maximum atomic E-state index is 13.6. The molecule has 2 saturated heterocycles. The molecule has 1 saturated carbocycles. The van der Waals surface area contributed by atoms with Crippen molar-refractivity contribution in [3.63, 3.8) is 0 Å². The van der Waals surface area contributed by atoms with Gasteiger partial charge >= 0.3 is 0 Å². The van der Waals surface area contributed by atoms with Crippen LogP contribution in [0.15, 0.2) is 28.7 Å². The Kier molecular flexibility index (Phi) is 6.56. The monoisotopic (exact) mass is 463 g/mol. The Morgan fingerprint density at radius 2 is 1.48 bits per heavy atom. The number of carbonyl (C=O) groups is 2. The smallest absolute Gasteiger partial charge is 0.236 e. The number of hydrogen-bond donors (Lipinski definition) is 0. The highest BCUT2D eigenvalue weighted by Crippen LogP contribution is 2.43. The lowest BCUT2D eigenvalue weighted by molar-refractivity contribution is -0.144. The van der Waals surface area contributed by atoms with E-state index in [2.05, 4.69) is 33.0 Å². The van der Waals surface area contributed by atoms with Gasteiger partial charge in [-0.1, -0.05) is 40.9 Å². The quantitative estimate of drug-likeness (QED) is 0.686. The lowest BCUT2D eigenvalue weighted by atomic mass is 9.77. The fourth-order valence-corrected chi connectivity index (χ4v) is 5.15. The first-order chi connectivity index (χ1) is 14.1. The van der Waals surface area contributed by atoms with Crippen molar-refractivity contribution in [2.24, 2.45) is 0 Å². The molecule has 2 amide bonds. The molecule has 7 heteroatoms. The predicted octanol–water partition coefficient (Wildman–Crippen LogP) is 2.26. The van der Waals surface area contributed by atoms with Gasteiger partial charge in [0.2, 0.25) is 11.8 Å². The molecular formula is C22H30BrN3O3. The summed E-state index contributed by atoms with van der Waals surface area (Å²) in [6.07, 6.45) is 4.03. The third-order valence-corrected chi connectivity index (χ3v) is 7.17. The van der Waals surface area contributed by atoms with Crippen LogP contribution in [0.2, 0.25) is 0 Å². The van der Waals surface area contributed by atoms with Crippen LogP contribution in [-0.2, 0) is 19.7 Å². The Morgan fingerprint density at radius 1 is 0.897 bits per heavy atom. The van der Waals surface area contributed by atoms with E-state index in [1.165, 1.54) is 0 Å². The van der Waals surface area contributed by atoms with E-state index in [0.29, 0.717) is 45.9 Å². The average molecular weight is 464 g/mol. The highest BCUT2D eigenvalue weighted by Gasteiger charge is 2.45. The summed E-state index contributed by atoms with van der Waals surface area (Å²) >= 11 is 3.50. The number of piperazine rings is 1. The molecule has 0 spiro atoms. The Bertz CT molecular complexity index is 719. The van der Waals surface area contributed by atoms with Gasteiger partial charge < -0.3 is 14.5 Å². The van der Waals surface area contributed by atoms with E-state index in [9.17, 15) is 9.59 Å². The SMILES string of the molecule is O=C(CN1CCOCC1)N1CCN(C(=O)C2(c3ccc(Br)cc3)CCCC2)CC1. The van der Waals surface area contributed by atoms with E-state index in [4.69, 9.17) is 4.74 Å². The van der Waals surface area contributed by atoms with Crippen molar-refractivity contribution < 1.29 is 14.3 Å². The minimum absolute atomic E-state index is 0.169. The molecule has 1 aromatic carbocycles. The number of carbonyl (C=O) groups excluding carboxylic acids is 2. The van der Waals surface area contributed by atoms with E-state index in [-0.39, 0.29) is 17.2 Å². The molecule has 29 heavy (non-hydrogen) atoms. The molecule has 0 aromatic heterocycles. The van der Waals surface area contributed by atoms with Gasteiger partial charge in [0, 0.05) is 43.7 Å². The number of rotatable bonds is 4. The summed E-state index contributed by atoms with van der Waals surface area (Å²) in [5.41, 5.74) is 0.745. The fraction of sp³-hybridized carbons (Fsp3) is 0.636. The van der Waals surface area contributed by atoms with Gasteiger partial charge in [-0.3, -0.25) is 14.5 Å². The first-order valence-electron chi connectivity index (χ1n) is 10.7. The molecular weight excluding hydrogens is 434 g/mol. The van der Waals surface area contributed by atoms with Crippen molar-refractivity contribution in [2.45, 2.75) is 31.1 Å². The normalized spacial score (nSPS) is 22.7. The summed E-state index contributed by atoms with van der Waals surface area (Å²) in [6, 6.07) is 8.25. The standard InChI is InChI=1S/C22H30BrN3O3/c23-19-5-3-18(4-6-19)22(7-1-2-8-22)21(28)26-11-9-25(10-12-26)20(27)17-24-13-15-29-16-14-24/h3-6H,1-2,7-17H2. The van der Waals surface area contributed by atoms with Crippen LogP contribution in [-0.4, -0.2) is 85.5 Å². The van der Waals surface area contributed by atoms with E-state index in [1.807, 2.05) is 21.9 Å². The highest BCUT2D eigenvalue weighted by atomic mass is 79.9. The maximum Gasteiger partial charge on any atom is 0.236 e. The first kappa shape index (κ1) is 20.8. The van der Waals surface area contributed by atoms with E-state index in [0.717, 1.165) is 48.8 Å². The van der Waals surface area contributed by atoms with Crippen LogP contribution < -0.4 is 0 Å². The molecule has 0 N–H and O–H groups in total. The van der Waals surface area contributed by atoms with Crippen molar-refractivity contribution >= 4 is 27.7 Å². The van der Waals surface area contributed by atoms with E-state index < -0.39 is 0 Å². The summed E-state index contributed by atoms with van der Waals surface area (Å²) < 4.78 is 6.39. The summed E-state index contributed by atoms with van der Waals surface area (Å²) in [4.78, 5) is 32.3. The molecule has 0 unspecified atom stereocenters. The van der Waals surface area contributed by atoms with Gasteiger partial charge in [-0.25, -0.2) is 0 Å². The summed E-state index contributed by atoms with van der Waals surface area (Å²) in [7, 11) is 0. The van der Waals surface area contributed by atoms with Crippen LogP contribution in [0.4, 0.5) is 0 Å². The fourth-order valence-electron chi connectivity index (χ4n) is 4.89. The average Bonchev–Trinajstić information content (AvgIpc) is 3.26. The number of halogens is 1. The number of morpholine rings is 1. The highest BCUT2D eigenvalue weighted by molar-refractivity contribution is 9.10. The molecule has 158 valence electrons. The summed E-state index contributed by atoms with van der Waals surface area (Å²) in [5, 5.41) is 0.